The van der Waals surface area contributed by atoms with Crippen molar-refractivity contribution in [3.63, 3.8) is 0 Å². The highest BCUT2D eigenvalue weighted by atomic mass is 35.6. The van der Waals surface area contributed by atoms with Gasteiger partial charge >= 0.3 is 0 Å². The van der Waals surface area contributed by atoms with E-state index in [-0.39, 0.29) is 0 Å². The maximum absolute atomic E-state index is 11.3. The fourth-order valence-electron chi connectivity index (χ4n) is 1.00. The van der Waals surface area contributed by atoms with E-state index in [9.17, 15) is 9.90 Å². The molecule has 0 unspecified atom stereocenters. The summed E-state index contributed by atoms with van der Waals surface area (Å²) in [7, 11) is 0. The summed E-state index contributed by atoms with van der Waals surface area (Å²) in [5.41, 5.74) is 0.853. The first-order valence-electron chi connectivity index (χ1n) is 4.68. The van der Waals surface area contributed by atoms with E-state index in [0.717, 1.165) is 5.56 Å². The second-order valence-corrected chi connectivity index (χ2v) is 5.57. The summed E-state index contributed by atoms with van der Waals surface area (Å²) in [5, 5.41) is 11.4. The number of benzene rings is 1. The fraction of sp³-hybridized carbons (Fsp3) is 0.182. The maximum atomic E-state index is 11.3. The number of halogens is 3. The summed E-state index contributed by atoms with van der Waals surface area (Å²) >= 11 is 16.2. The van der Waals surface area contributed by atoms with Gasteiger partial charge < -0.3 is 10.4 Å². The van der Waals surface area contributed by atoms with Crippen LogP contribution in [0.15, 0.2) is 36.4 Å². The van der Waals surface area contributed by atoms with E-state index in [1.54, 1.807) is 6.08 Å². The third-order valence-corrected chi connectivity index (χ3v) is 2.44. The molecule has 1 aromatic carbocycles. The summed E-state index contributed by atoms with van der Waals surface area (Å²) < 4.78 is -1.95. The summed E-state index contributed by atoms with van der Waals surface area (Å²) in [6.45, 7) is 0. The summed E-state index contributed by atoms with van der Waals surface area (Å²) in [4.78, 5) is 11.3. The Labute approximate surface area is 114 Å². The molecule has 0 fully saturated rings. The van der Waals surface area contributed by atoms with E-state index in [2.05, 4.69) is 5.32 Å². The first-order chi connectivity index (χ1) is 7.89. The van der Waals surface area contributed by atoms with Crippen molar-refractivity contribution >= 4 is 46.8 Å². The Bertz CT molecular complexity index is 401. The van der Waals surface area contributed by atoms with Gasteiger partial charge in [0, 0.05) is 6.08 Å². The molecule has 6 heteroatoms. The minimum absolute atomic E-state index is 0.548. The lowest BCUT2D eigenvalue weighted by molar-refractivity contribution is -0.119. The number of aliphatic hydroxyl groups excluding tert-OH is 1. The SMILES string of the molecule is O=C(/C=C/c1ccccc1)N[C@H](O)C(Cl)(Cl)Cl. The first-order valence-corrected chi connectivity index (χ1v) is 5.81. The van der Waals surface area contributed by atoms with Crippen molar-refractivity contribution < 1.29 is 9.90 Å². The molecular formula is C11H10Cl3NO2. The zero-order chi connectivity index (χ0) is 12.9. The molecule has 0 heterocycles. The van der Waals surface area contributed by atoms with Gasteiger partial charge in [-0.25, -0.2) is 0 Å². The van der Waals surface area contributed by atoms with Crippen LogP contribution >= 0.6 is 34.8 Å². The molecule has 0 saturated heterocycles. The minimum Gasteiger partial charge on any atom is -0.369 e. The van der Waals surface area contributed by atoms with E-state index in [1.165, 1.54) is 6.08 Å². The Morgan fingerprint density at radius 1 is 1.29 bits per heavy atom. The quantitative estimate of drug-likeness (QED) is 0.511. The van der Waals surface area contributed by atoms with Crippen LogP contribution in [0.5, 0.6) is 0 Å². The third kappa shape index (κ3) is 5.41. The molecule has 17 heavy (non-hydrogen) atoms. The smallest absolute Gasteiger partial charge is 0.246 e. The number of amides is 1. The molecule has 0 bridgehead atoms. The van der Waals surface area contributed by atoms with Crippen LogP contribution in [0, 0.1) is 0 Å². The highest BCUT2D eigenvalue weighted by Gasteiger charge is 2.31. The van der Waals surface area contributed by atoms with E-state index >= 15 is 0 Å². The second-order valence-electron chi connectivity index (χ2n) is 3.20. The third-order valence-electron chi connectivity index (χ3n) is 1.82. The number of hydrogen-bond donors (Lipinski definition) is 2. The van der Waals surface area contributed by atoms with Gasteiger partial charge in [0.1, 0.15) is 0 Å². The van der Waals surface area contributed by atoms with Crippen molar-refractivity contribution in [2.24, 2.45) is 0 Å². The number of rotatable bonds is 3. The van der Waals surface area contributed by atoms with Crippen LogP contribution in [0.25, 0.3) is 6.08 Å². The van der Waals surface area contributed by atoms with E-state index in [0.29, 0.717) is 0 Å². The zero-order valence-corrected chi connectivity index (χ0v) is 10.9. The first kappa shape index (κ1) is 14.3. The lowest BCUT2D eigenvalue weighted by Crippen LogP contribution is -2.42. The number of carbonyl (C=O) groups excluding carboxylic acids is 1. The molecule has 3 nitrogen and oxygen atoms in total. The van der Waals surface area contributed by atoms with Crippen LogP contribution in [0.1, 0.15) is 5.56 Å². The normalized spacial score (nSPS) is 13.6. The van der Waals surface area contributed by atoms with Crippen molar-refractivity contribution in [2.45, 2.75) is 10.0 Å². The number of carbonyl (C=O) groups is 1. The van der Waals surface area contributed by atoms with Gasteiger partial charge in [-0.15, -0.1) is 0 Å². The Morgan fingerprint density at radius 2 is 1.88 bits per heavy atom. The van der Waals surface area contributed by atoms with Crippen LogP contribution in [0.3, 0.4) is 0 Å². The number of alkyl halides is 3. The van der Waals surface area contributed by atoms with E-state index in [1.807, 2.05) is 30.3 Å². The molecule has 0 saturated carbocycles. The Balaban J connectivity index is 2.54. The molecule has 0 aliphatic heterocycles. The molecule has 1 aromatic rings. The van der Waals surface area contributed by atoms with Gasteiger partial charge in [-0.1, -0.05) is 65.1 Å². The standard InChI is InChI=1S/C11H10Cl3NO2/c12-11(13,14)10(17)15-9(16)7-6-8-4-2-1-3-5-8/h1-7,10,17H,(H,15,16)/b7-6+/t10-/m1/s1. The van der Waals surface area contributed by atoms with Gasteiger partial charge in [0.2, 0.25) is 9.70 Å². The topological polar surface area (TPSA) is 49.3 Å². The highest BCUT2D eigenvalue weighted by molar-refractivity contribution is 6.68. The fourth-order valence-corrected chi connectivity index (χ4v) is 1.16. The summed E-state index contributed by atoms with van der Waals surface area (Å²) in [6.07, 6.45) is 1.27. The second kappa shape index (κ2) is 6.26. The Hall–Kier alpha value is -0.740. The number of hydrogen-bond acceptors (Lipinski definition) is 2. The van der Waals surface area contributed by atoms with Gasteiger partial charge in [-0.2, -0.15) is 0 Å². The molecule has 92 valence electrons. The molecule has 0 radical (unpaired) electrons. The zero-order valence-electron chi connectivity index (χ0n) is 8.61. The molecule has 0 aliphatic carbocycles. The minimum atomic E-state index is -1.95. The van der Waals surface area contributed by atoms with E-state index in [4.69, 9.17) is 34.8 Å². The molecule has 2 N–H and O–H groups in total. The van der Waals surface area contributed by atoms with Gasteiger partial charge in [0.25, 0.3) is 0 Å². The van der Waals surface area contributed by atoms with Gasteiger partial charge in [-0.3, -0.25) is 4.79 Å². The molecule has 1 rings (SSSR count). The Morgan fingerprint density at radius 3 is 2.41 bits per heavy atom. The highest BCUT2D eigenvalue weighted by Crippen LogP contribution is 2.28. The van der Waals surface area contributed by atoms with Crippen LogP contribution in [-0.2, 0) is 4.79 Å². The van der Waals surface area contributed by atoms with Gasteiger partial charge in [-0.05, 0) is 11.6 Å². The summed E-state index contributed by atoms with van der Waals surface area (Å²) in [6, 6.07) is 9.20. The van der Waals surface area contributed by atoms with Crippen LogP contribution in [-0.4, -0.2) is 21.0 Å². The van der Waals surface area contributed by atoms with E-state index < -0.39 is 15.9 Å². The Kier molecular flexibility index (Phi) is 5.28. The summed E-state index contributed by atoms with van der Waals surface area (Å²) in [5.74, 6) is -0.548. The average Bonchev–Trinajstić information content (AvgIpc) is 2.26. The van der Waals surface area contributed by atoms with Crippen molar-refractivity contribution in [1.82, 2.24) is 5.32 Å². The molecular weight excluding hydrogens is 284 g/mol. The molecule has 0 spiro atoms. The lowest BCUT2D eigenvalue weighted by atomic mass is 10.2. The van der Waals surface area contributed by atoms with Gasteiger partial charge in [0.05, 0.1) is 0 Å². The van der Waals surface area contributed by atoms with Crippen molar-refractivity contribution in [1.29, 1.82) is 0 Å². The predicted octanol–water partition coefficient (Wildman–Crippen LogP) is 2.50. The molecule has 0 aliphatic rings. The van der Waals surface area contributed by atoms with Crippen LogP contribution < -0.4 is 5.32 Å². The van der Waals surface area contributed by atoms with Crippen LogP contribution in [0.4, 0.5) is 0 Å². The van der Waals surface area contributed by atoms with Gasteiger partial charge in [0.15, 0.2) is 6.23 Å². The number of aliphatic hydroxyl groups is 1. The number of nitrogens with one attached hydrogen (secondary N) is 1. The van der Waals surface area contributed by atoms with Crippen molar-refractivity contribution in [3.8, 4) is 0 Å². The lowest BCUT2D eigenvalue weighted by Gasteiger charge is -2.18. The molecule has 1 amide bonds. The molecule has 1 atom stereocenters. The van der Waals surface area contributed by atoms with Crippen molar-refractivity contribution in [3.05, 3.63) is 42.0 Å². The largest absolute Gasteiger partial charge is 0.369 e. The monoisotopic (exact) mass is 293 g/mol. The average molecular weight is 295 g/mol. The van der Waals surface area contributed by atoms with Crippen molar-refractivity contribution in [2.75, 3.05) is 0 Å². The molecule has 0 aromatic heterocycles. The van der Waals surface area contributed by atoms with Crippen LogP contribution in [0.2, 0.25) is 0 Å². The maximum Gasteiger partial charge on any atom is 0.246 e. The predicted molar refractivity (Wildman–Crippen MR) is 69.9 cm³/mol.